The molecule has 4 nitrogen and oxygen atoms in total. The zero-order valence-corrected chi connectivity index (χ0v) is 12.3. The summed E-state index contributed by atoms with van der Waals surface area (Å²) < 4.78 is 18.0. The first-order chi connectivity index (χ1) is 9.76. The molecule has 0 spiro atoms. The third-order valence-electron chi connectivity index (χ3n) is 2.89. The molecule has 0 bridgehead atoms. The van der Waals surface area contributed by atoms with Gasteiger partial charge < -0.3 is 15.4 Å². The molecule has 0 aromatic heterocycles. The van der Waals surface area contributed by atoms with Gasteiger partial charge >= 0.3 is 0 Å². The van der Waals surface area contributed by atoms with Gasteiger partial charge in [-0.1, -0.05) is 12.1 Å². The average molecular weight is 281 g/mol. The SMILES string of the molecule is CN=C(NCCCCCOC)NCc1cccc(F)c1. The molecule has 0 aliphatic carbocycles. The van der Waals surface area contributed by atoms with Crippen molar-refractivity contribution < 1.29 is 9.13 Å². The lowest BCUT2D eigenvalue weighted by molar-refractivity contribution is 0.192. The number of nitrogens with zero attached hydrogens (tertiary/aromatic N) is 1. The summed E-state index contributed by atoms with van der Waals surface area (Å²) in [7, 11) is 3.45. The molecule has 0 aliphatic rings. The maximum absolute atomic E-state index is 13.0. The minimum atomic E-state index is -0.217. The van der Waals surface area contributed by atoms with Crippen LogP contribution in [0.15, 0.2) is 29.3 Å². The highest BCUT2D eigenvalue weighted by Gasteiger charge is 1.99. The molecular formula is C15H24FN3O. The Hall–Kier alpha value is -1.62. The van der Waals surface area contributed by atoms with E-state index in [-0.39, 0.29) is 5.82 Å². The molecule has 0 fully saturated rings. The molecule has 0 heterocycles. The molecule has 0 aliphatic heterocycles. The molecule has 0 atom stereocenters. The average Bonchev–Trinajstić information content (AvgIpc) is 2.46. The highest BCUT2D eigenvalue weighted by atomic mass is 19.1. The van der Waals surface area contributed by atoms with Crippen molar-refractivity contribution in [1.29, 1.82) is 0 Å². The second-order valence-electron chi connectivity index (χ2n) is 4.54. The standard InChI is InChI=1S/C15H24FN3O/c1-17-15(18-9-4-3-5-10-20-2)19-12-13-7-6-8-14(16)11-13/h6-8,11H,3-5,9-10,12H2,1-2H3,(H2,17,18,19). The van der Waals surface area contributed by atoms with Gasteiger partial charge in [-0.15, -0.1) is 0 Å². The Morgan fingerprint density at radius 3 is 2.80 bits per heavy atom. The van der Waals surface area contributed by atoms with Gasteiger partial charge in [0.25, 0.3) is 0 Å². The summed E-state index contributed by atoms with van der Waals surface area (Å²) in [6, 6.07) is 6.55. The largest absolute Gasteiger partial charge is 0.385 e. The Morgan fingerprint density at radius 2 is 2.10 bits per heavy atom. The normalized spacial score (nSPS) is 11.4. The monoisotopic (exact) mass is 281 g/mol. The fourth-order valence-electron chi connectivity index (χ4n) is 1.81. The third kappa shape index (κ3) is 7.09. The molecule has 0 saturated carbocycles. The smallest absolute Gasteiger partial charge is 0.191 e. The van der Waals surface area contributed by atoms with Gasteiger partial charge in [0.15, 0.2) is 5.96 Å². The molecule has 5 heteroatoms. The number of ether oxygens (including phenoxy) is 1. The lowest BCUT2D eigenvalue weighted by atomic mass is 10.2. The van der Waals surface area contributed by atoms with E-state index >= 15 is 0 Å². The Labute approximate surface area is 120 Å². The lowest BCUT2D eigenvalue weighted by Crippen LogP contribution is -2.37. The van der Waals surface area contributed by atoms with Crippen molar-refractivity contribution >= 4 is 5.96 Å². The van der Waals surface area contributed by atoms with Crippen LogP contribution in [0.2, 0.25) is 0 Å². The number of nitrogens with one attached hydrogen (secondary N) is 2. The topological polar surface area (TPSA) is 45.7 Å². The predicted molar refractivity (Wildman–Crippen MR) is 80.3 cm³/mol. The Bertz CT molecular complexity index is 410. The van der Waals surface area contributed by atoms with Crippen LogP contribution < -0.4 is 10.6 Å². The van der Waals surface area contributed by atoms with Crippen molar-refractivity contribution in [3.8, 4) is 0 Å². The van der Waals surface area contributed by atoms with Gasteiger partial charge in [-0.3, -0.25) is 4.99 Å². The minimum absolute atomic E-state index is 0.217. The van der Waals surface area contributed by atoms with Crippen molar-refractivity contribution in [2.24, 2.45) is 4.99 Å². The highest BCUT2D eigenvalue weighted by molar-refractivity contribution is 5.79. The minimum Gasteiger partial charge on any atom is -0.385 e. The van der Waals surface area contributed by atoms with Crippen molar-refractivity contribution in [2.75, 3.05) is 27.3 Å². The molecule has 1 rings (SSSR count). The van der Waals surface area contributed by atoms with E-state index in [0.29, 0.717) is 6.54 Å². The number of benzene rings is 1. The van der Waals surface area contributed by atoms with Gasteiger partial charge in [-0.05, 0) is 37.0 Å². The van der Waals surface area contributed by atoms with E-state index in [4.69, 9.17) is 4.74 Å². The number of methoxy groups -OCH3 is 1. The van der Waals surface area contributed by atoms with Gasteiger partial charge in [0, 0.05) is 33.9 Å². The van der Waals surface area contributed by atoms with Crippen LogP contribution in [0, 0.1) is 5.82 Å². The fraction of sp³-hybridized carbons (Fsp3) is 0.533. The van der Waals surface area contributed by atoms with E-state index in [0.717, 1.165) is 43.9 Å². The van der Waals surface area contributed by atoms with Gasteiger partial charge in [-0.25, -0.2) is 4.39 Å². The summed E-state index contributed by atoms with van der Waals surface area (Å²) >= 11 is 0. The van der Waals surface area contributed by atoms with E-state index in [1.54, 1.807) is 20.2 Å². The summed E-state index contributed by atoms with van der Waals surface area (Å²) in [4.78, 5) is 4.14. The number of hydrogen-bond acceptors (Lipinski definition) is 2. The van der Waals surface area contributed by atoms with Crippen LogP contribution in [0.4, 0.5) is 4.39 Å². The van der Waals surface area contributed by atoms with Crippen LogP contribution in [0.5, 0.6) is 0 Å². The van der Waals surface area contributed by atoms with Crippen molar-refractivity contribution in [3.63, 3.8) is 0 Å². The van der Waals surface area contributed by atoms with Crippen LogP contribution in [-0.2, 0) is 11.3 Å². The Morgan fingerprint density at radius 1 is 1.25 bits per heavy atom. The first-order valence-electron chi connectivity index (χ1n) is 6.94. The van der Waals surface area contributed by atoms with E-state index in [1.165, 1.54) is 12.1 Å². The molecule has 0 radical (unpaired) electrons. The lowest BCUT2D eigenvalue weighted by Gasteiger charge is -2.11. The van der Waals surface area contributed by atoms with Gasteiger partial charge in [-0.2, -0.15) is 0 Å². The maximum Gasteiger partial charge on any atom is 0.191 e. The molecule has 0 amide bonds. The Balaban J connectivity index is 2.20. The molecule has 20 heavy (non-hydrogen) atoms. The Kier molecular flexibility index (Phi) is 8.38. The van der Waals surface area contributed by atoms with E-state index in [2.05, 4.69) is 15.6 Å². The molecule has 1 aromatic rings. The fourth-order valence-corrected chi connectivity index (χ4v) is 1.81. The molecule has 0 saturated heterocycles. The predicted octanol–water partition coefficient (Wildman–Crippen LogP) is 2.31. The summed E-state index contributed by atoms with van der Waals surface area (Å²) in [6.45, 7) is 2.24. The second kappa shape index (κ2) is 10.2. The van der Waals surface area contributed by atoms with Crippen LogP contribution >= 0.6 is 0 Å². The van der Waals surface area contributed by atoms with Crippen LogP contribution in [0.1, 0.15) is 24.8 Å². The highest BCUT2D eigenvalue weighted by Crippen LogP contribution is 2.02. The molecular weight excluding hydrogens is 257 g/mol. The molecule has 0 unspecified atom stereocenters. The first-order valence-corrected chi connectivity index (χ1v) is 6.94. The number of guanidine groups is 1. The van der Waals surface area contributed by atoms with Gasteiger partial charge in [0.2, 0.25) is 0 Å². The van der Waals surface area contributed by atoms with E-state index in [9.17, 15) is 4.39 Å². The second-order valence-corrected chi connectivity index (χ2v) is 4.54. The van der Waals surface area contributed by atoms with Crippen molar-refractivity contribution in [1.82, 2.24) is 10.6 Å². The van der Waals surface area contributed by atoms with Crippen LogP contribution in [0.3, 0.4) is 0 Å². The van der Waals surface area contributed by atoms with E-state index < -0.39 is 0 Å². The van der Waals surface area contributed by atoms with Crippen LogP contribution in [-0.4, -0.2) is 33.3 Å². The van der Waals surface area contributed by atoms with Crippen molar-refractivity contribution in [3.05, 3.63) is 35.6 Å². The zero-order chi connectivity index (χ0) is 14.6. The number of aliphatic imine (C=N–C) groups is 1. The zero-order valence-electron chi connectivity index (χ0n) is 12.3. The van der Waals surface area contributed by atoms with Gasteiger partial charge in [0.05, 0.1) is 0 Å². The summed E-state index contributed by atoms with van der Waals surface area (Å²) in [5.74, 6) is 0.520. The number of hydrogen-bond donors (Lipinski definition) is 2. The molecule has 1 aromatic carbocycles. The van der Waals surface area contributed by atoms with Crippen molar-refractivity contribution in [2.45, 2.75) is 25.8 Å². The first kappa shape index (κ1) is 16.4. The summed E-state index contributed by atoms with van der Waals surface area (Å²) in [6.07, 6.45) is 3.28. The number of rotatable bonds is 8. The maximum atomic E-state index is 13.0. The summed E-state index contributed by atoms with van der Waals surface area (Å²) in [5.41, 5.74) is 0.896. The third-order valence-corrected chi connectivity index (χ3v) is 2.89. The molecule has 2 N–H and O–H groups in total. The van der Waals surface area contributed by atoms with Crippen LogP contribution in [0.25, 0.3) is 0 Å². The summed E-state index contributed by atoms with van der Waals surface area (Å²) in [5, 5.41) is 6.40. The van der Waals surface area contributed by atoms with Gasteiger partial charge in [0.1, 0.15) is 5.82 Å². The number of halogens is 1. The molecule has 112 valence electrons. The quantitative estimate of drug-likeness (QED) is 0.437. The number of unbranched alkanes of at least 4 members (excludes halogenated alkanes) is 2. The van der Waals surface area contributed by atoms with E-state index in [1.807, 2.05) is 6.07 Å².